The van der Waals surface area contributed by atoms with Crippen molar-refractivity contribution in [3.63, 3.8) is 0 Å². The number of nitrogens with zero attached hydrogens (tertiary/aromatic N) is 2. The molecule has 0 aliphatic heterocycles. The molecule has 0 fully saturated rings. The molecule has 0 unspecified atom stereocenters. The molecule has 0 aliphatic rings. The Morgan fingerprint density at radius 1 is 1.18 bits per heavy atom. The van der Waals surface area contributed by atoms with E-state index in [1.165, 1.54) is 28.1 Å². The lowest BCUT2D eigenvalue weighted by molar-refractivity contribution is 0.358. The van der Waals surface area contributed by atoms with Crippen molar-refractivity contribution in [1.29, 1.82) is 0 Å². The minimum absolute atomic E-state index is 0.178. The summed E-state index contributed by atoms with van der Waals surface area (Å²) in [4.78, 5) is 4.08. The average molecular weight is 334 g/mol. The van der Waals surface area contributed by atoms with Crippen LogP contribution >= 0.6 is 11.3 Å². The Morgan fingerprint density at radius 2 is 2.09 bits per heavy atom. The summed E-state index contributed by atoms with van der Waals surface area (Å²) < 4.78 is 32.4. The molecule has 5 nitrogen and oxygen atoms in total. The van der Waals surface area contributed by atoms with Crippen LogP contribution in [0.1, 0.15) is 11.3 Å². The van der Waals surface area contributed by atoms with Crippen LogP contribution in [0.25, 0.3) is 0 Å². The predicted octanol–water partition coefficient (Wildman–Crippen LogP) is 3.13. The number of hydrogen-bond donors (Lipinski definition) is 0. The van der Waals surface area contributed by atoms with Crippen molar-refractivity contribution in [3.8, 4) is 0 Å². The minimum atomic E-state index is -3.64. The molecule has 0 aromatic carbocycles. The zero-order chi connectivity index (χ0) is 15.4. The highest BCUT2D eigenvalue weighted by molar-refractivity contribution is 7.89. The van der Waals surface area contributed by atoms with Crippen molar-refractivity contribution in [1.82, 2.24) is 9.29 Å². The fraction of sp³-hybridized carbons (Fsp3) is 0.133. The highest BCUT2D eigenvalue weighted by Gasteiger charge is 2.26. The van der Waals surface area contributed by atoms with E-state index in [-0.39, 0.29) is 11.4 Å². The first kappa shape index (κ1) is 15.0. The molecule has 0 atom stereocenters. The summed E-state index contributed by atoms with van der Waals surface area (Å²) in [6, 6.07) is 8.58. The SMILES string of the molecule is O=S(=O)(c1cccnc1)N(Cc1ccsc1)Cc1ccco1. The summed E-state index contributed by atoms with van der Waals surface area (Å²) in [6.07, 6.45) is 4.45. The van der Waals surface area contributed by atoms with Crippen molar-refractivity contribution in [2.75, 3.05) is 0 Å². The monoisotopic (exact) mass is 334 g/mol. The summed E-state index contributed by atoms with van der Waals surface area (Å²) >= 11 is 1.54. The van der Waals surface area contributed by atoms with Gasteiger partial charge >= 0.3 is 0 Å². The zero-order valence-electron chi connectivity index (χ0n) is 11.6. The van der Waals surface area contributed by atoms with E-state index in [1.54, 1.807) is 30.5 Å². The Bertz CT molecular complexity index is 762. The summed E-state index contributed by atoms with van der Waals surface area (Å²) in [6.45, 7) is 0.474. The maximum Gasteiger partial charge on any atom is 0.245 e. The van der Waals surface area contributed by atoms with Crippen molar-refractivity contribution in [2.45, 2.75) is 18.0 Å². The molecule has 3 aromatic rings. The minimum Gasteiger partial charge on any atom is -0.468 e. The van der Waals surface area contributed by atoms with E-state index in [0.29, 0.717) is 12.3 Å². The maximum atomic E-state index is 12.8. The average Bonchev–Trinajstić information content (AvgIpc) is 3.21. The van der Waals surface area contributed by atoms with Gasteiger partial charge in [0.25, 0.3) is 0 Å². The standard InChI is InChI=1S/C15H14N2O3S2/c18-22(19,15-4-1-6-16-9-15)17(10-13-5-8-21-12-13)11-14-3-2-7-20-14/h1-9,12H,10-11H2. The quantitative estimate of drug-likeness (QED) is 0.695. The first-order chi connectivity index (χ1) is 10.7. The Hall–Kier alpha value is -1.96. The second-order valence-electron chi connectivity index (χ2n) is 4.67. The van der Waals surface area contributed by atoms with E-state index >= 15 is 0 Å². The van der Waals surface area contributed by atoms with Gasteiger partial charge in [-0.05, 0) is 46.7 Å². The molecule has 7 heteroatoms. The van der Waals surface area contributed by atoms with Gasteiger partial charge in [-0.25, -0.2) is 8.42 Å². The van der Waals surface area contributed by atoms with Gasteiger partial charge < -0.3 is 4.42 Å². The molecule has 0 radical (unpaired) electrons. The summed E-state index contributed by atoms with van der Waals surface area (Å²) in [5.41, 5.74) is 0.948. The molecular formula is C15H14N2O3S2. The van der Waals surface area contributed by atoms with E-state index in [1.807, 2.05) is 16.8 Å². The molecule has 3 aromatic heterocycles. The third-order valence-electron chi connectivity index (χ3n) is 3.12. The van der Waals surface area contributed by atoms with Gasteiger partial charge in [-0.15, -0.1) is 0 Å². The van der Waals surface area contributed by atoms with Gasteiger partial charge in [0.1, 0.15) is 10.7 Å². The third-order valence-corrected chi connectivity index (χ3v) is 5.63. The molecule has 0 spiro atoms. The van der Waals surface area contributed by atoms with Gasteiger partial charge in [0.05, 0.1) is 12.8 Å². The second-order valence-corrected chi connectivity index (χ2v) is 7.39. The first-order valence-electron chi connectivity index (χ1n) is 6.60. The van der Waals surface area contributed by atoms with Gasteiger partial charge in [0, 0.05) is 18.9 Å². The van der Waals surface area contributed by atoms with Gasteiger partial charge in [0.2, 0.25) is 10.0 Å². The molecule has 0 N–H and O–H groups in total. The maximum absolute atomic E-state index is 12.8. The Kier molecular flexibility index (Phi) is 4.37. The van der Waals surface area contributed by atoms with Crippen LogP contribution < -0.4 is 0 Å². The van der Waals surface area contributed by atoms with E-state index in [0.717, 1.165) is 5.56 Å². The molecule has 0 amide bonds. The fourth-order valence-electron chi connectivity index (χ4n) is 2.04. The summed E-state index contributed by atoms with van der Waals surface area (Å²) in [7, 11) is -3.64. The van der Waals surface area contributed by atoms with Crippen LogP contribution in [0.15, 0.2) is 69.1 Å². The summed E-state index contributed by atoms with van der Waals surface area (Å²) in [5, 5.41) is 3.87. The van der Waals surface area contributed by atoms with Gasteiger partial charge in [-0.2, -0.15) is 15.6 Å². The van der Waals surface area contributed by atoms with Gasteiger partial charge in [-0.1, -0.05) is 0 Å². The lowest BCUT2D eigenvalue weighted by Gasteiger charge is -2.20. The summed E-state index contributed by atoms with van der Waals surface area (Å²) in [5.74, 6) is 0.600. The van der Waals surface area contributed by atoms with E-state index in [4.69, 9.17) is 4.42 Å². The zero-order valence-corrected chi connectivity index (χ0v) is 13.3. The number of rotatable bonds is 6. The van der Waals surface area contributed by atoms with E-state index in [2.05, 4.69) is 4.98 Å². The molecule has 0 saturated heterocycles. The Morgan fingerprint density at radius 3 is 2.73 bits per heavy atom. The van der Waals surface area contributed by atoms with Crippen molar-refractivity contribution < 1.29 is 12.8 Å². The molecule has 3 rings (SSSR count). The second kappa shape index (κ2) is 6.43. The first-order valence-corrected chi connectivity index (χ1v) is 8.98. The highest BCUT2D eigenvalue weighted by Crippen LogP contribution is 2.21. The number of thiophene rings is 1. The molecule has 22 heavy (non-hydrogen) atoms. The van der Waals surface area contributed by atoms with Gasteiger partial charge in [-0.3, -0.25) is 4.98 Å². The van der Waals surface area contributed by atoms with E-state index in [9.17, 15) is 8.42 Å². The Balaban J connectivity index is 1.93. The molecule has 0 saturated carbocycles. The predicted molar refractivity (Wildman–Crippen MR) is 83.7 cm³/mol. The molecular weight excluding hydrogens is 320 g/mol. The van der Waals surface area contributed by atoms with Crippen LogP contribution in [-0.4, -0.2) is 17.7 Å². The largest absolute Gasteiger partial charge is 0.468 e. The van der Waals surface area contributed by atoms with Crippen molar-refractivity contribution in [2.24, 2.45) is 0 Å². The van der Waals surface area contributed by atoms with Crippen LogP contribution in [0.4, 0.5) is 0 Å². The third kappa shape index (κ3) is 3.27. The number of hydrogen-bond acceptors (Lipinski definition) is 5. The van der Waals surface area contributed by atoms with Gasteiger partial charge in [0.15, 0.2) is 0 Å². The molecule has 0 bridgehead atoms. The van der Waals surface area contributed by atoms with Crippen molar-refractivity contribution in [3.05, 3.63) is 71.1 Å². The van der Waals surface area contributed by atoms with Crippen LogP contribution in [0.2, 0.25) is 0 Å². The van der Waals surface area contributed by atoms with E-state index < -0.39 is 10.0 Å². The number of sulfonamides is 1. The number of furan rings is 1. The normalized spacial score (nSPS) is 11.9. The lowest BCUT2D eigenvalue weighted by Crippen LogP contribution is -2.30. The molecule has 0 aliphatic carbocycles. The van der Waals surface area contributed by atoms with Crippen molar-refractivity contribution >= 4 is 21.4 Å². The highest BCUT2D eigenvalue weighted by atomic mass is 32.2. The fourth-order valence-corrected chi connectivity index (χ4v) is 4.06. The number of aromatic nitrogens is 1. The van der Waals surface area contributed by atoms with Crippen LogP contribution in [0.5, 0.6) is 0 Å². The molecule has 114 valence electrons. The number of pyridine rings is 1. The topological polar surface area (TPSA) is 63.4 Å². The molecule has 3 heterocycles. The van der Waals surface area contributed by atoms with Crippen LogP contribution in [-0.2, 0) is 23.1 Å². The Labute approximate surface area is 132 Å². The smallest absolute Gasteiger partial charge is 0.245 e. The lowest BCUT2D eigenvalue weighted by atomic mass is 10.3. The van der Waals surface area contributed by atoms with Crippen LogP contribution in [0, 0.1) is 0 Å². The van der Waals surface area contributed by atoms with Crippen LogP contribution in [0.3, 0.4) is 0 Å².